The summed E-state index contributed by atoms with van der Waals surface area (Å²) < 4.78 is 0. The summed E-state index contributed by atoms with van der Waals surface area (Å²) in [6.07, 6.45) is 5.88. The van der Waals surface area contributed by atoms with Crippen LogP contribution in [0.3, 0.4) is 0 Å². The molecule has 0 aromatic carbocycles. The zero-order valence-electron chi connectivity index (χ0n) is 10.8. The third-order valence-electron chi connectivity index (χ3n) is 2.70. The van der Waals surface area contributed by atoms with Crippen LogP contribution in [0, 0.1) is 11.3 Å². The fourth-order valence-corrected chi connectivity index (χ4v) is 1.77. The number of hydrogen-bond donors (Lipinski definition) is 2. The Morgan fingerprint density at radius 2 is 1.94 bits per heavy atom. The summed E-state index contributed by atoms with van der Waals surface area (Å²) in [7, 11) is 0. The van der Waals surface area contributed by atoms with E-state index < -0.39 is 0 Å². The molecule has 94 valence electrons. The van der Waals surface area contributed by atoms with Crippen molar-refractivity contribution >= 4 is 5.91 Å². The molecule has 4 heteroatoms. The lowest BCUT2D eigenvalue weighted by Crippen LogP contribution is -2.36. The lowest BCUT2D eigenvalue weighted by Gasteiger charge is -2.19. The Morgan fingerprint density at radius 1 is 1.35 bits per heavy atom. The van der Waals surface area contributed by atoms with Crippen LogP contribution in [0.2, 0.25) is 0 Å². The molecule has 17 heavy (non-hydrogen) atoms. The van der Waals surface area contributed by atoms with Crippen LogP contribution in [0.25, 0.3) is 0 Å². The van der Waals surface area contributed by atoms with E-state index in [1.165, 1.54) is 6.20 Å². The number of nitriles is 1. The van der Waals surface area contributed by atoms with Crippen LogP contribution < -0.4 is 10.6 Å². The van der Waals surface area contributed by atoms with Gasteiger partial charge in [-0.1, -0.05) is 12.8 Å². The second-order valence-electron chi connectivity index (χ2n) is 5.52. The maximum Gasteiger partial charge on any atom is 0.263 e. The maximum atomic E-state index is 11.8. The molecule has 1 aliphatic rings. The molecule has 0 bridgehead atoms. The van der Waals surface area contributed by atoms with Gasteiger partial charge < -0.3 is 10.6 Å². The quantitative estimate of drug-likeness (QED) is 0.579. The fourth-order valence-electron chi connectivity index (χ4n) is 1.77. The van der Waals surface area contributed by atoms with Gasteiger partial charge in [0.15, 0.2) is 0 Å². The van der Waals surface area contributed by atoms with E-state index >= 15 is 0 Å². The van der Waals surface area contributed by atoms with Crippen molar-refractivity contribution in [2.24, 2.45) is 0 Å². The predicted octanol–water partition coefficient (Wildman–Crippen LogP) is 1.84. The van der Waals surface area contributed by atoms with Crippen LogP contribution in [0.15, 0.2) is 11.8 Å². The topological polar surface area (TPSA) is 64.9 Å². The molecule has 1 aliphatic carbocycles. The van der Waals surface area contributed by atoms with Crippen LogP contribution in [0.5, 0.6) is 0 Å². The maximum absolute atomic E-state index is 11.8. The summed E-state index contributed by atoms with van der Waals surface area (Å²) in [4.78, 5) is 11.8. The minimum absolute atomic E-state index is 0.143. The molecule has 1 fully saturated rings. The van der Waals surface area contributed by atoms with Gasteiger partial charge in [-0.3, -0.25) is 4.79 Å². The van der Waals surface area contributed by atoms with Crippen molar-refractivity contribution in [3.63, 3.8) is 0 Å². The van der Waals surface area contributed by atoms with E-state index in [-0.39, 0.29) is 23.1 Å². The smallest absolute Gasteiger partial charge is 0.263 e. The Kier molecular flexibility index (Phi) is 4.56. The SMILES string of the molecule is CC(C)(C)N/C=C(/C#N)C(=O)NC1CCCC1. The van der Waals surface area contributed by atoms with Gasteiger partial charge in [0.05, 0.1) is 0 Å². The zero-order chi connectivity index (χ0) is 12.9. The standard InChI is InChI=1S/C13H21N3O/c1-13(2,3)15-9-10(8-14)12(17)16-11-6-4-5-7-11/h9,11,15H,4-7H2,1-3H3,(H,16,17)/b10-9-. The fraction of sp³-hybridized carbons (Fsp3) is 0.692. The lowest BCUT2D eigenvalue weighted by molar-refractivity contribution is -0.117. The lowest BCUT2D eigenvalue weighted by atomic mass is 10.1. The van der Waals surface area contributed by atoms with Crippen molar-refractivity contribution in [1.82, 2.24) is 10.6 Å². The highest BCUT2D eigenvalue weighted by molar-refractivity contribution is 5.97. The average Bonchev–Trinajstić information content (AvgIpc) is 2.69. The van der Waals surface area contributed by atoms with Gasteiger partial charge in [-0.2, -0.15) is 5.26 Å². The van der Waals surface area contributed by atoms with Crippen molar-refractivity contribution in [1.29, 1.82) is 5.26 Å². The number of hydrogen-bond acceptors (Lipinski definition) is 3. The van der Waals surface area contributed by atoms with Crippen LogP contribution >= 0.6 is 0 Å². The molecule has 1 rings (SSSR count). The second-order valence-corrected chi connectivity index (χ2v) is 5.52. The molecule has 0 aromatic heterocycles. The summed E-state index contributed by atoms with van der Waals surface area (Å²) >= 11 is 0. The first-order valence-corrected chi connectivity index (χ1v) is 6.11. The van der Waals surface area contributed by atoms with Crippen molar-refractivity contribution < 1.29 is 4.79 Å². The van der Waals surface area contributed by atoms with E-state index in [0.29, 0.717) is 0 Å². The molecule has 0 spiro atoms. The van der Waals surface area contributed by atoms with Gasteiger partial charge in [0.1, 0.15) is 11.6 Å². The highest BCUT2D eigenvalue weighted by atomic mass is 16.1. The molecule has 2 N–H and O–H groups in total. The largest absolute Gasteiger partial charge is 0.385 e. The van der Waals surface area contributed by atoms with E-state index in [2.05, 4.69) is 10.6 Å². The molecular weight excluding hydrogens is 214 g/mol. The summed E-state index contributed by atoms with van der Waals surface area (Å²) in [5.41, 5.74) is 0.00209. The number of nitrogens with zero attached hydrogens (tertiary/aromatic N) is 1. The summed E-state index contributed by atoms with van der Waals surface area (Å²) in [6, 6.07) is 2.18. The molecule has 0 unspecified atom stereocenters. The molecule has 0 radical (unpaired) electrons. The normalized spacial score (nSPS) is 17.6. The number of amides is 1. The highest BCUT2D eigenvalue weighted by Gasteiger charge is 2.19. The molecule has 0 heterocycles. The molecule has 0 aromatic rings. The van der Waals surface area contributed by atoms with E-state index in [1.807, 2.05) is 26.8 Å². The first-order valence-electron chi connectivity index (χ1n) is 6.11. The highest BCUT2D eigenvalue weighted by Crippen LogP contribution is 2.17. The predicted molar refractivity (Wildman–Crippen MR) is 67.0 cm³/mol. The third kappa shape index (κ3) is 4.90. The van der Waals surface area contributed by atoms with Crippen molar-refractivity contribution in [2.75, 3.05) is 0 Å². The van der Waals surface area contributed by atoms with Crippen LogP contribution in [0.1, 0.15) is 46.5 Å². The van der Waals surface area contributed by atoms with Gasteiger partial charge in [0.25, 0.3) is 5.91 Å². The molecule has 0 aliphatic heterocycles. The molecule has 0 saturated heterocycles. The van der Waals surface area contributed by atoms with Gasteiger partial charge in [-0.15, -0.1) is 0 Å². The van der Waals surface area contributed by atoms with Gasteiger partial charge in [-0.05, 0) is 33.6 Å². The Bertz CT molecular complexity index is 341. The first-order chi connectivity index (χ1) is 7.92. The van der Waals surface area contributed by atoms with Crippen LogP contribution in [-0.2, 0) is 4.79 Å². The van der Waals surface area contributed by atoms with Crippen molar-refractivity contribution in [3.8, 4) is 6.07 Å². The van der Waals surface area contributed by atoms with Gasteiger partial charge >= 0.3 is 0 Å². The monoisotopic (exact) mass is 235 g/mol. The van der Waals surface area contributed by atoms with E-state index in [1.54, 1.807) is 0 Å². The minimum Gasteiger partial charge on any atom is -0.385 e. The van der Waals surface area contributed by atoms with Crippen molar-refractivity contribution in [3.05, 3.63) is 11.8 Å². The number of carbonyl (C=O) groups excluding carboxylic acids is 1. The average molecular weight is 235 g/mol. The Morgan fingerprint density at radius 3 is 2.41 bits per heavy atom. The van der Waals surface area contributed by atoms with Gasteiger partial charge in [-0.25, -0.2) is 0 Å². The summed E-state index contributed by atoms with van der Waals surface area (Å²) in [5.74, 6) is -0.267. The summed E-state index contributed by atoms with van der Waals surface area (Å²) in [5, 5.41) is 14.9. The Balaban J connectivity index is 2.55. The Hall–Kier alpha value is -1.50. The van der Waals surface area contributed by atoms with Crippen LogP contribution in [0.4, 0.5) is 0 Å². The Labute approximate surface area is 103 Å². The number of nitrogens with one attached hydrogen (secondary N) is 2. The van der Waals surface area contributed by atoms with E-state index in [9.17, 15) is 4.79 Å². The van der Waals surface area contributed by atoms with Gasteiger partial charge in [0.2, 0.25) is 0 Å². The number of rotatable bonds is 3. The second kappa shape index (κ2) is 5.72. The van der Waals surface area contributed by atoms with Gasteiger partial charge in [0, 0.05) is 17.8 Å². The molecule has 0 atom stereocenters. The first kappa shape index (κ1) is 13.6. The zero-order valence-corrected chi connectivity index (χ0v) is 10.8. The molecule has 1 amide bonds. The van der Waals surface area contributed by atoms with Crippen LogP contribution in [-0.4, -0.2) is 17.5 Å². The minimum atomic E-state index is -0.267. The number of carbonyl (C=O) groups is 1. The third-order valence-corrected chi connectivity index (χ3v) is 2.70. The molecular formula is C13H21N3O. The molecule has 1 saturated carbocycles. The summed E-state index contributed by atoms with van der Waals surface area (Å²) in [6.45, 7) is 5.94. The molecule has 4 nitrogen and oxygen atoms in total. The van der Waals surface area contributed by atoms with E-state index in [0.717, 1.165) is 25.7 Å². The van der Waals surface area contributed by atoms with Crippen molar-refractivity contribution in [2.45, 2.75) is 58.0 Å². The van der Waals surface area contributed by atoms with E-state index in [4.69, 9.17) is 5.26 Å².